The molecule has 1 amide bonds. The molecule has 192 valence electrons. The van der Waals surface area contributed by atoms with E-state index in [2.05, 4.69) is 9.50 Å². The number of rotatable bonds is 9. The van der Waals surface area contributed by atoms with Crippen LogP contribution in [0.1, 0.15) is 6.92 Å². The molecule has 33 heavy (non-hydrogen) atoms. The van der Waals surface area contributed by atoms with Gasteiger partial charge in [-0.1, -0.05) is 0 Å². The highest BCUT2D eigenvalue weighted by Crippen LogP contribution is 2.32. The van der Waals surface area contributed by atoms with Gasteiger partial charge in [-0.15, -0.1) is 0 Å². The molecule has 0 saturated carbocycles. The molecular formula is C16H27NO15S. The van der Waals surface area contributed by atoms with E-state index in [-0.39, 0.29) is 0 Å². The molecule has 6 N–H and O–H groups in total. The van der Waals surface area contributed by atoms with Crippen LogP contribution >= 0.6 is 0 Å². The van der Waals surface area contributed by atoms with Crippen LogP contribution in [0.3, 0.4) is 0 Å². The number of amides is 1. The summed E-state index contributed by atoms with van der Waals surface area (Å²) in [5, 5.41) is 42.1. The van der Waals surface area contributed by atoms with E-state index in [0.29, 0.717) is 0 Å². The van der Waals surface area contributed by atoms with Gasteiger partial charge in [0.25, 0.3) is 0 Å². The number of aliphatic hydroxyl groups is 3. The Hall–Kier alpha value is -1.51. The van der Waals surface area contributed by atoms with Gasteiger partial charge in [0.15, 0.2) is 18.7 Å². The summed E-state index contributed by atoms with van der Waals surface area (Å²) in [6, 6.07) is -1.38. The summed E-state index contributed by atoms with van der Waals surface area (Å²) in [5.74, 6) is -2.24. The number of carbonyl (C=O) groups excluding carboxylic acids is 1. The van der Waals surface area contributed by atoms with Crippen molar-refractivity contribution in [1.29, 1.82) is 0 Å². The SMILES string of the molecule is CO[C@@H]1O[C@H](CO)[C@H](OS(=O)(=O)O)[C@H](O[C@@H]2O[C@@H](C(=O)O)[C@@H](OC)[C@H](O)[C@H]2O)[C@H]1NC(C)=O. The van der Waals surface area contributed by atoms with Crippen molar-refractivity contribution in [2.75, 3.05) is 20.8 Å². The standard InChI is InChI=1S/C16H27NO15S/c1-5(19)17-7-11(10(32-33(24,25)26)6(4-18)29-15(7)28-3)30-16-9(21)8(20)12(27-2)13(31-16)14(22)23/h6-13,15-16,18,20-21H,4H2,1-3H3,(H,17,19)(H,22,23)(H,24,25,26)/t6-,7-,8-,9-,10+,11-,12+,13-,15-,16-/m1/s1. The maximum absolute atomic E-state index is 11.7. The summed E-state index contributed by atoms with van der Waals surface area (Å²) in [4.78, 5) is 23.3. The minimum absolute atomic E-state index is 0.666. The zero-order chi connectivity index (χ0) is 25.1. The molecule has 2 aliphatic rings. The largest absolute Gasteiger partial charge is 0.479 e. The molecule has 0 aliphatic carbocycles. The van der Waals surface area contributed by atoms with Crippen LogP contribution in [0.15, 0.2) is 0 Å². The van der Waals surface area contributed by atoms with Gasteiger partial charge >= 0.3 is 16.4 Å². The fourth-order valence-corrected chi connectivity index (χ4v) is 4.14. The molecule has 0 aromatic heterocycles. The highest BCUT2D eigenvalue weighted by atomic mass is 32.3. The van der Waals surface area contributed by atoms with Crippen LogP contribution in [0.25, 0.3) is 0 Å². The Morgan fingerprint density at radius 1 is 1.00 bits per heavy atom. The van der Waals surface area contributed by atoms with Crippen molar-refractivity contribution in [2.45, 2.75) is 68.3 Å². The average Bonchev–Trinajstić information content (AvgIpc) is 2.71. The predicted molar refractivity (Wildman–Crippen MR) is 101 cm³/mol. The molecule has 2 rings (SSSR count). The van der Waals surface area contributed by atoms with E-state index in [9.17, 15) is 43.0 Å². The normalized spacial score (nSPS) is 39.7. The van der Waals surface area contributed by atoms with E-state index in [0.717, 1.165) is 21.1 Å². The first-order chi connectivity index (χ1) is 15.3. The van der Waals surface area contributed by atoms with Crippen LogP contribution in [0.2, 0.25) is 0 Å². The van der Waals surface area contributed by atoms with Crippen LogP contribution < -0.4 is 5.32 Å². The first kappa shape index (κ1) is 27.7. The lowest BCUT2D eigenvalue weighted by atomic mass is 9.95. The van der Waals surface area contributed by atoms with Crippen molar-refractivity contribution in [1.82, 2.24) is 5.32 Å². The molecule has 16 nitrogen and oxygen atoms in total. The molecule has 2 heterocycles. The predicted octanol–water partition coefficient (Wildman–Crippen LogP) is -4.03. The van der Waals surface area contributed by atoms with Crippen molar-refractivity contribution in [3.05, 3.63) is 0 Å². The fraction of sp³-hybridized carbons (Fsp3) is 0.875. The first-order valence-corrected chi connectivity index (χ1v) is 10.9. The molecule has 2 saturated heterocycles. The Kier molecular flexibility index (Phi) is 9.48. The number of carboxylic acid groups (broad SMARTS) is 1. The first-order valence-electron chi connectivity index (χ1n) is 9.49. The highest BCUT2D eigenvalue weighted by molar-refractivity contribution is 7.80. The monoisotopic (exact) mass is 505 g/mol. The summed E-state index contributed by atoms with van der Waals surface area (Å²) in [7, 11) is -2.93. The number of methoxy groups -OCH3 is 2. The number of aliphatic hydroxyl groups excluding tert-OH is 3. The van der Waals surface area contributed by atoms with E-state index >= 15 is 0 Å². The van der Waals surface area contributed by atoms with Gasteiger partial charge in [0.2, 0.25) is 5.91 Å². The summed E-state index contributed by atoms with van der Waals surface area (Å²) < 4.78 is 62.8. The Balaban J connectivity index is 2.47. The van der Waals surface area contributed by atoms with Gasteiger partial charge < -0.3 is 49.4 Å². The topological polar surface area (TPSA) is 237 Å². The molecule has 0 bridgehead atoms. The lowest BCUT2D eigenvalue weighted by Crippen LogP contribution is -2.68. The third-order valence-corrected chi connectivity index (χ3v) is 5.48. The molecule has 0 radical (unpaired) electrons. The van der Waals surface area contributed by atoms with Gasteiger partial charge in [-0.05, 0) is 0 Å². The number of nitrogens with one attached hydrogen (secondary N) is 1. The summed E-state index contributed by atoms with van der Waals surface area (Å²) in [5.41, 5.74) is 0. The molecule has 10 atom stereocenters. The number of carbonyl (C=O) groups is 2. The lowest BCUT2D eigenvalue weighted by Gasteiger charge is -2.47. The van der Waals surface area contributed by atoms with Crippen molar-refractivity contribution in [3.63, 3.8) is 0 Å². The Morgan fingerprint density at radius 2 is 1.64 bits per heavy atom. The van der Waals surface area contributed by atoms with E-state index < -0.39 is 90.2 Å². The summed E-state index contributed by atoms with van der Waals surface area (Å²) in [6.45, 7) is 0.229. The fourth-order valence-electron chi connectivity index (χ4n) is 3.62. The van der Waals surface area contributed by atoms with Crippen LogP contribution in [0, 0.1) is 0 Å². The van der Waals surface area contributed by atoms with Gasteiger partial charge in [-0.3, -0.25) is 9.35 Å². The number of aliphatic carboxylic acids is 1. The van der Waals surface area contributed by atoms with E-state index in [1.165, 1.54) is 0 Å². The maximum Gasteiger partial charge on any atom is 0.397 e. The van der Waals surface area contributed by atoms with Crippen LogP contribution in [0.4, 0.5) is 0 Å². The van der Waals surface area contributed by atoms with Gasteiger partial charge in [0.1, 0.15) is 42.7 Å². The molecule has 0 spiro atoms. The molecular weight excluding hydrogens is 478 g/mol. The van der Waals surface area contributed by atoms with Gasteiger partial charge in [-0.25, -0.2) is 8.98 Å². The zero-order valence-corrected chi connectivity index (χ0v) is 18.5. The second-order valence-corrected chi connectivity index (χ2v) is 8.27. The quantitative estimate of drug-likeness (QED) is 0.164. The van der Waals surface area contributed by atoms with Crippen LogP contribution in [0.5, 0.6) is 0 Å². The molecule has 2 fully saturated rings. The molecule has 0 aromatic rings. The number of ether oxygens (including phenoxy) is 5. The molecule has 2 aliphatic heterocycles. The third-order valence-electron chi connectivity index (χ3n) is 5.01. The van der Waals surface area contributed by atoms with Crippen molar-refractivity contribution in [2.24, 2.45) is 0 Å². The second kappa shape index (κ2) is 11.3. The Labute approximate surface area is 188 Å². The zero-order valence-electron chi connectivity index (χ0n) is 17.7. The second-order valence-electron chi connectivity index (χ2n) is 7.22. The van der Waals surface area contributed by atoms with Crippen LogP contribution in [-0.4, -0.2) is 127 Å². The van der Waals surface area contributed by atoms with E-state index in [1.807, 2.05) is 0 Å². The molecule has 0 aromatic carbocycles. The minimum atomic E-state index is -5.17. The lowest BCUT2D eigenvalue weighted by molar-refractivity contribution is -0.337. The minimum Gasteiger partial charge on any atom is -0.479 e. The number of hydrogen-bond acceptors (Lipinski definition) is 13. The average molecular weight is 505 g/mol. The Bertz CT molecular complexity index is 793. The van der Waals surface area contributed by atoms with Gasteiger partial charge in [0, 0.05) is 21.1 Å². The van der Waals surface area contributed by atoms with Crippen molar-refractivity contribution >= 4 is 22.3 Å². The maximum atomic E-state index is 11.7. The van der Waals surface area contributed by atoms with Gasteiger partial charge in [-0.2, -0.15) is 8.42 Å². The molecule has 0 unspecified atom stereocenters. The number of carboxylic acids is 1. The van der Waals surface area contributed by atoms with Crippen LogP contribution in [-0.2, 0) is 47.9 Å². The van der Waals surface area contributed by atoms with Crippen molar-refractivity contribution < 1.29 is 70.9 Å². The molecule has 17 heteroatoms. The smallest absolute Gasteiger partial charge is 0.397 e. The summed E-state index contributed by atoms with van der Waals surface area (Å²) >= 11 is 0. The van der Waals surface area contributed by atoms with Gasteiger partial charge in [0.05, 0.1) is 6.61 Å². The van der Waals surface area contributed by atoms with E-state index in [4.69, 9.17) is 23.7 Å². The third kappa shape index (κ3) is 6.55. The highest BCUT2D eigenvalue weighted by Gasteiger charge is 2.54. The Morgan fingerprint density at radius 3 is 2.09 bits per heavy atom. The summed E-state index contributed by atoms with van der Waals surface area (Å²) in [6.07, 6.45) is -15.3. The number of hydrogen-bond donors (Lipinski definition) is 6. The van der Waals surface area contributed by atoms with Crippen molar-refractivity contribution in [3.8, 4) is 0 Å². The van der Waals surface area contributed by atoms with E-state index in [1.54, 1.807) is 0 Å².